The first kappa shape index (κ1) is 41.5. The fourth-order valence-electron chi connectivity index (χ4n) is 6.79. The van der Waals surface area contributed by atoms with Gasteiger partial charge in [0, 0.05) is 24.3 Å². The topological polar surface area (TPSA) is 270 Å². The number of rotatable bonds is 6. The van der Waals surface area contributed by atoms with Crippen molar-refractivity contribution in [1.29, 1.82) is 0 Å². The number of allylic oxidation sites excluding steroid dienone is 1. The normalized spacial score (nSPS) is 35.1. The third-order valence-electron chi connectivity index (χ3n) is 9.98. The molecule has 8 N–H and O–H groups in total. The molecule has 4 bridgehead atoms. The number of carbonyl (C=O) groups excluding carboxylic acids is 2. The largest absolute Gasteiger partial charge is 0.504 e. The van der Waals surface area contributed by atoms with E-state index in [0.717, 1.165) is 11.8 Å². The molecule has 5 aliphatic heterocycles. The maximum atomic E-state index is 13.5. The molecule has 0 aliphatic carbocycles. The Labute approximate surface area is 320 Å². The van der Waals surface area contributed by atoms with Crippen molar-refractivity contribution in [2.75, 3.05) is 26.4 Å². The Morgan fingerprint density at radius 1 is 0.768 bits per heavy atom. The molecule has 5 heterocycles. The summed E-state index contributed by atoms with van der Waals surface area (Å²) >= 11 is 0. The van der Waals surface area contributed by atoms with E-state index in [1.807, 2.05) is 0 Å². The maximum Gasteiger partial charge on any atom is 0.337 e. The van der Waals surface area contributed by atoms with E-state index < -0.39 is 98.8 Å². The molecule has 12 atom stereocenters. The monoisotopic (exact) mass is 790 g/mol. The van der Waals surface area contributed by atoms with Crippen LogP contribution in [0.5, 0.6) is 17.2 Å². The highest BCUT2D eigenvalue weighted by atomic mass is 16.8. The SMILES string of the molecule is C/C=C1/[C@H](O[C@@H]2O[C@H](CO)[C@@H](O)[C@H](O[C@@H]3O[C@H](CO)[C@@H](O)[C@H](O)[C@H]3O)[C@H]2O)OC=C2C(=O)OCCc3ccc(cc3)Oc3cc(ccc3O)CCOC(=O)C[C@H]21. The Morgan fingerprint density at radius 2 is 1.41 bits per heavy atom. The van der Waals surface area contributed by atoms with Crippen LogP contribution in [-0.4, -0.2) is 147 Å². The fourth-order valence-corrected chi connectivity index (χ4v) is 6.79. The van der Waals surface area contributed by atoms with Gasteiger partial charge in [-0.05, 0) is 42.3 Å². The van der Waals surface area contributed by atoms with Crippen LogP contribution in [0.1, 0.15) is 24.5 Å². The van der Waals surface area contributed by atoms with Gasteiger partial charge in [0.05, 0.1) is 44.7 Å². The number of hydrogen-bond acceptors (Lipinski definition) is 18. The Balaban J connectivity index is 1.22. The van der Waals surface area contributed by atoms with Crippen LogP contribution in [-0.2, 0) is 55.6 Å². The predicted molar refractivity (Wildman–Crippen MR) is 186 cm³/mol. The van der Waals surface area contributed by atoms with Crippen LogP contribution < -0.4 is 4.74 Å². The molecule has 18 nitrogen and oxygen atoms in total. The molecular formula is C38H46O18. The summed E-state index contributed by atoms with van der Waals surface area (Å²) in [6, 6.07) is 11.8. The van der Waals surface area contributed by atoms with Gasteiger partial charge in [-0.1, -0.05) is 24.3 Å². The number of aliphatic hydroxyl groups excluding tert-OH is 7. The lowest BCUT2D eigenvalue weighted by molar-refractivity contribution is -0.369. The minimum atomic E-state index is -1.88. The molecule has 306 valence electrons. The summed E-state index contributed by atoms with van der Waals surface area (Å²) in [5.74, 6) is -1.88. The minimum Gasteiger partial charge on any atom is -0.504 e. The molecule has 0 radical (unpaired) electrons. The van der Waals surface area contributed by atoms with Gasteiger partial charge in [0.2, 0.25) is 6.29 Å². The van der Waals surface area contributed by atoms with Crippen molar-refractivity contribution in [2.24, 2.45) is 5.92 Å². The highest BCUT2D eigenvalue weighted by molar-refractivity contribution is 5.91. The van der Waals surface area contributed by atoms with E-state index in [4.69, 9.17) is 37.9 Å². The lowest BCUT2D eigenvalue weighted by Gasteiger charge is -2.46. The number of esters is 2. The summed E-state index contributed by atoms with van der Waals surface area (Å²) in [7, 11) is 0. The Morgan fingerprint density at radius 3 is 2.11 bits per heavy atom. The zero-order chi connectivity index (χ0) is 40.1. The van der Waals surface area contributed by atoms with Crippen LogP contribution in [0.15, 0.2) is 65.9 Å². The minimum absolute atomic E-state index is 0.0302. The smallest absolute Gasteiger partial charge is 0.337 e. The van der Waals surface area contributed by atoms with Crippen LogP contribution >= 0.6 is 0 Å². The van der Waals surface area contributed by atoms with Gasteiger partial charge in [0.25, 0.3) is 0 Å². The lowest BCUT2D eigenvalue weighted by atomic mass is 9.86. The van der Waals surface area contributed by atoms with Crippen molar-refractivity contribution >= 4 is 11.9 Å². The van der Waals surface area contributed by atoms with Crippen molar-refractivity contribution in [1.82, 2.24) is 0 Å². The van der Waals surface area contributed by atoms with E-state index >= 15 is 0 Å². The first-order valence-corrected chi connectivity index (χ1v) is 18.1. The van der Waals surface area contributed by atoms with Crippen molar-refractivity contribution in [3.05, 3.63) is 77.1 Å². The summed E-state index contributed by atoms with van der Waals surface area (Å²) in [4.78, 5) is 26.8. The van der Waals surface area contributed by atoms with Gasteiger partial charge >= 0.3 is 11.9 Å². The van der Waals surface area contributed by atoms with Crippen molar-refractivity contribution in [3.8, 4) is 17.2 Å². The molecule has 0 unspecified atom stereocenters. The Kier molecular flexibility index (Phi) is 13.6. The van der Waals surface area contributed by atoms with Crippen LogP contribution in [0.2, 0.25) is 0 Å². The van der Waals surface area contributed by atoms with E-state index in [2.05, 4.69) is 0 Å². The highest BCUT2D eigenvalue weighted by Crippen LogP contribution is 2.38. The second-order valence-electron chi connectivity index (χ2n) is 13.6. The second kappa shape index (κ2) is 18.4. The van der Waals surface area contributed by atoms with Crippen LogP contribution in [0, 0.1) is 5.92 Å². The molecule has 18 heteroatoms. The molecule has 0 spiro atoms. The average molecular weight is 791 g/mol. The number of ether oxygens (including phenoxy) is 8. The van der Waals surface area contributed by atoms with Crippen LogP contribution in [0.4, 0.5) is 0 Å². The molecule has 0 aromatic heterocycles. The molecule has 2 saturated heterocycles. The number of benzene rings is 2. The predicted octanol–water partition coefficient (Wildman–Crippen LogP) is -0.797. The average Bonchev–Trinajstić information content (AvgIpc) is 3.19. The first-order chi connectivity index (χ1) is 26.9. The van der Waals surface area contributed by atoms with Crippen molar-refractivity contribution in [2.45, 2.75) is 93.9 Å². The Hall–Kier alpha value is -4.18. The fraction of sp³-hybridized carbons (Fsp3) is 0.526. The lowest BCUT2D eigenvalue weighted by Crippen LogP contribution is -2.65. The molecule has 2 aromatic carbocycles. The zero-order valence-electron chi connectivity index (χ0n) is 30.2. The van der Waals surface area contributed by atoms with Gasteiger partial charge < -0.3 is 78.7 Å². The van der Waals surface area contributed by atoms with Gasteiger partial charge in [-0.2, -0.15) is 0 Å². The van der Waals surface area contributed by atoms with Gasteiger partial charge in [0.15, 0.2) is 24.1 Å². The van der Waals surface area contributed by atoms with E-state index in [1.165, 1.54) is 12.1 Å². The van der Waals surface area contributed by atoms with E-state index in [9.17, 15) is 50.4 Å². The van der Waals surface area contributed by atoms with Crippen molar-refractivity contribution < 1.29 is 88.3 Å². The third kappa shape index (κ3) is 9.17. The highest BCUT2D eigenvalue weighted by Gasteiger charge is 2.52. The molecule has 0 amide bonds. The second-order valence-corrected chi connectivity index (χ2v) is 13.6. The van der Waals surface area contributed by atoms with Gasteiger partial charge in [0.1, 0.15) is 54.6 Å². The standard InChI is InChI=1S/C38H46O18/c1-2-21-22-14-28(42)49-11-10-19-5-8-24(41)25(13-19)52-20-6-3-18(4-7-20)9-12-50-35(48)23(22)17-51-36(21)56-38-33(47)34(30(44)27(16-40)54-38)55-37-32(46)31(45)29(43)26(15-39)53-37/h2-8,13,17,22,26-27,29-34,36-41,43-47H,9-12,14-16H2,1H3/b21-2+/t22-,26+,27+,29+,30+,31-,32+,33+,34-,36-,37-,38-/m0/s1. The molecule has 7 rings (SSSR count). The number of phenolic OH excluding ortho intramolecular Hbond substituents is 1. The van der Waals surface area contributed by atoms with Gasteiger partial charge in [-0.15, -0.1) is 0 Å². The third-order valence-corrected chi connectivity index (χ3v) is 9.98. The number of aliphatic hydroxyl groups is 7. The number of hydrogen-bond donors (Lipinski definition) is 8. The van der Waals surface area contributed by atoms with Gasteiger partial charge in [-0.25, -0.2) is 4.79 Å². The number of carbonyl (C=O) groups is 2. The summed E-state index contributed by atoms with van der Waals surface area (Å²) in [6.45, 7) is -0.0548. The summed E-state index contributed by atoms with van der Waals surface area (Å²) in [5.41, 5.74) is 1.73. The van der Waals surface area contributed by atoms with Crippen LogP contribution in [0.25, 0.3) is 0 Å². The molecule has 5 aliphatic rings. The van der Waals surface area contributed by atoms with Crippen LogP contribution in [0.3, 0.4) is 0 Å². The maximum absolute atomic E-state index is 13.5. The molecule has 2 fully saturated rings. The zero-order valence-corrected chi connectivity index (χ0v) is 30.2. The quantitative estimate of drug-likeness (QED) is 0.132. The number of fused-ring (bicyclic) bond motifs is 9. The van der Waals surface area contributed by atoms with E-state index in [-0.39, 0.29) is 48.7 Å². The Bertz CT molecular complexity index is 1730. The first-order valence-electron chi connectivity index (χ1n) is 18.1. The molecular weight excluding hydrogens is 744 g/mol. The van der Waals surface area contributed by atoms with E-state index in [0.29, 0.717) is 17.7 Å². The summed E-state index contributed by atoms with van der Waals surface area (Å²) in [6.07, 6.45) is -15.6. The summed E-state index contributed by atoms with van der Waals surface area (Å²) < 4.78 is 45.5. The number of phenols is 1. The molecule has 0 saturated carbocycles. The molecule has 2 aromatic rings. The van der Waals surface area contributed by atoms with Gasteiger partial charge in [-0.3, -0.25) is 4.79 Å². The number of aromatic hydroxyl groups is 1. The molecule has 56 heavy (non-hydrogen) atoms. The summed E-state index contributed by atoms with van der Waals surface area (Å²) in [5, 5.41) is 83.1. The van der Waals surface area contributed by atoms with Crippen molar-refractivity contribution in [3.63, 3.8) is 0 Å². The van der Waals surface area contributed by atoms with E-state index in [1.54, 1.807) is 43.3 Å².